The zero-order valence-electron chi connectivity index (χ0n) is 5.62. The Hall–Kier alpha value is -0.630. The molecule has 0 unspecified atom stereocenters. The molecule has 1 aromatic heterocycles. The predicted molar refractivity (Wildman–Crippen MR) is 53.0 cm³/mol. The molecular formula is C5H3ClIN3O2. The summed E-state index contributed by atoms with van der Waals surface area (Å²) in [6, 6.07) is 1.28. The van der Waals surface area contributed by atoms with E-state index in [9.17, 15) is 10.1 Å². The van der Waals surface area contributed by atoms with Crippen LogP contribution in [0.1, 0.15) is 0 Å². The van der Waals surface area contributed by atoms with Gasteiger partial charge in [-0.3, -0.25) is 10.1 Å². The molecule has 64 valence electrons. The molecular weight excluding hydrogens is 296 g/mol. The van der Waals surface area contributed by atoms with Gasteiger partial charge in [-0.1, -0.05) is 11.6 Å². The molecule has 2 N–H and O–H groups in total. The van der Waals surface area contributed by atoms with E-state index in [2.05, 4.69) is 4.98 Å². The molecule has 0 fully saturated rings. The molecule has 0 amide bonds. The number of nitrogen functional groups attached to an aromatic ring is 1. The third kappa shape index (κ3) is 1.75. The van der Waals surface area contributed by atoms with Crippen molar-refractivity contribution in [2.45, 2.75) is 0 Å². The van der Waals surface area contributed by atoms with E-state index in [1.165, 1.54) is 6.07 Å². The topological polar surface area (TPSA) is 82.0 Å². The summed E-state index contributed by atoms with van der Waals surface area (Å²) in [6.07, 6.45) is 0. The molecule has 0 radical (unpaired) electrons. The number of nitrogens with two attached hydrogens (primary N) is 1. The lowest BCUT2D eigenvalue weighted by Gasteiger charge is -1.98. The third-order valence-corrected chi connectivity index (χ3v) is 2.57. The van der Waals surface area contributed by atoms with Crippen molar-refractivity contribution in [1.82, 2.24) is 4.98 Å². The van der Waals surface area contributed by atoms with Gasteiger partial charge >= 0.3 is 5.69 Å². The molecule has 1 rings (SSSR count). The Kier molecular flexibility index (Phi) is 2.68. The first-order chi connectivity index (χ1) is 5.52. The second-order valence-electron chi connectivity index (χ2n) is 1.92. The molecule has 0 aliphatic carbocycles. The van der Waals surface area contributed by atoms with Crippen LogP contribution in [0, 0.1) is 13.7 Å². The molecule has 0 aliphatic rings. The Morgan fingerprint density at radius 3 is 2.83 bits per heavy atom. The van der Waals surface area contributed by atoms with E-state index in [4.69, 9.17) is 17.3 Å². The minimum absolute atomic E-state index is 0.162. The van der Waals surface area contributed by atoms with Gasteiger partial charge in [-0.15, -0.1) is 0 Å². The molecule has 7 heteroatoms. The van der Waals surface area contributed by atoms with Crippen molar-refractivity contribution in [3.8, 4) is 0 Å². The fraction of sp³-hybridized carbons (Fsp3) is 0. The quantitative estimate of drug-likeness (QED) is 0.371. The molecule has 1 heterocycles. The molecule has 0 bridgehead atoms. The Labute approximate surface area is 86.2 Å². The zero-order chi connectivity index (χ0) is 9.30. The normalized spacial score (nSPS) is 9.83. The van der Waals surface area contributed by atoms with E-state index in [0.717, 1.165) is 0 Å². The SMILES string of the molecule is Nc1nc(Cl)c(I)cc1[N+](=O)[O-]. The van der Waals surface area contributed by atoms with Gasteiger partial charge in [0.15, 0.2) is 0 Å². The van der Waals surface area contributed by atoms with Gasteiger partial charge in [0, 0.05) is 6.07 Å². The summed E-state index contributed by atoms with van der Waals surface area (Å²) in [4.78, 5) is 13.3. The number of nitro groups is 1. The van der Waals surface area contributed by atoms with Crippen LogP contribution in [0.2, 0.25) is 5.15 Å². The molecule has 12 heavy (non-hydrogen) atoms. The summed E-state index contributed by atoms with van der Waals surface area (Å²) >= 11 is 7.41. The van der Waals surface area contributed by atoms with Crippen LogP contribution >= 0.6 is 34.2 Å². The van der Waals surface area contributed by atoms with E-state index in [1.54, 1.807) is 0 Å². The number of halogens is 2. The van der Waals surface area contributed by atoms with Gasteiger partial charge in [0.05, 0.1) is 8.49 Å². The van der Waals surface area contributed by atoms with Crippen LogP contribution in [0.5, 0.6) is 0 Å². The minimum Gasteiger partial charge on any atom is -0.378 e. The smallest absolute Gasteiger partial charge is 0.312 e. The summed E-state index contributed by atoms with van der Waals surface area (Å²) in [5.41, 5.74) is 5.03. The first-order valence-corrected chi connectivity index (χ1v) is 4.24. The Balaban J connectivity index is 3.33. The van der Waals surface area contributed by atoms with Gasteiger partial charge in [0.1, 0.15) is 5.15 Å². The number of rotatable bonds is 1. The number of pyridine rings is 1. The van der Waals surface area contributed by atoms with Gasteiger partial charge in [-0.2, -0.15) is 0 Å². The van der Waals surface area contributed by atoms with E-state index in [1.807, 2.05) is 22.6 Å². The minimum atomic E-state index is -0.596. The highest BCUT2D eigenvalue weighted by atomic mass is 127. The van der Waals surface area contributed by atoms with Crippen LogP contribution in [0.3, 0.4) is 0 Å². The Bertz CT molecular complexity index is 344. The maximum Gasteiger partial charge on any atom is 0.312 e. The molecule has 0 saturated heterocycles. The predicted octanol–water partition coefficient (Wildman–Crippen LogP) is 1.83. The summed E-state index contributed by atoms with van der Waals surface area (Å²) in [7, 11) is 0. The number of hydrogen-bond acceptors (Lipinski definition) is 4. The second kappa shape index (κ2) is 3.40. The van der Waals surface area contributed by atoms with Crippen molar-refractivity contribution in [2.75, 3.05) is 5.73 Å². The maximum atomic E-state index is 10.3. The highest BCUT2D eigenvalue weighted by Gasteiger charge is 2.15. The van der Waals surface area contributed by atoms with Crippen LogP contribution in [-0.4, -0.2) is 9.91 Å². The van der Waals surface area contributed by atoms with Gasteiger partial charge in [-0.05, 0) is 22.6 Å². The van der Waals surface area contributed by atoms with Gasteiger partial charge in [0.25, 0.3) is 0 Å². The molecule has 0 spiro atoms. The molecule has 0 saturated carbocycles. The largest absolute Gasteiger partial charge is 0.378 e. The highest BCUT2D eigenvalue weighted by molar-refractivity contribution is 14.1. The van der Waals surface area contributed by atoms with E-state index < -0.39 is 4.92 Å². The average molecular weight is 299 g/mol. The van der Waals surface area contributed by atoms with Gasteiger partial charge in [-0.25, -0.2) is 4.98 Å². The lowest BCUT2D eigenvalue weighted by Crippen LogP contribution is -1.99. The van der Waals surface area contributed by atoms with Crippen molar-refractivity contribution in [1.29, 1.82) is 0 Å². The van der Waals surface area contributed by atoms with Gasteiger partial charge < -0.3 is 5.73 Å². The third-order valence-electron chi connectivity index (χ3n) is 1.14. The van der Waals surface area contributed by atoms with Crippen LogP contribution in [0.15, 0.2) is 6.07 Å². The fourth-order valence-corrected chi connectivity index (χ4v) is 1.18. The standard InChI is InChI=1S/C5H3ClIN3O2/c6-4-2(7)1-3(10(11)12)5(8)9-4/h1H,(H2,8,9). The summed E-state index contributed by atoms with van der Waals surface area (Å²) in [6.45, 7) is 0. The Morgan fingerprint density at radius 2 is 2.33 bits per heavy atom. The number of hydrogen-bond donors (Lipinski definition) is 1. The molecule has 0 atom stereocenters. The lowest BCUT2D eigenvalue weighted by atomic mass is 10.4. The molecule has 0 aliphatic heterocycles. The second-order valence-corrected chi connectivity index (χ2v) is 3.44. The maximum absolute atomic E-state index is 10.3. The Morgan fingerprint density at radius 1 is 1.75 bits per heavy atom. The zero-order valence-corrected chi connectivity index (χ0v) is 8.53. The summed E-state index contributed by atoms with van der Waals surface area (Å²) < 4.78 is 0.509. The molecule has 0 aromatic carbocycles. The van der Waals surface area contributed by atoms with Crippen LogP contribution in [0.4, 0.5) is 11.5 Å². The van der Waals surface area contributed by atoms with Crippen molar-refractivity contribution in [3.05, 3.63) is 24.9 Å². The summed E-state index contributed by atoms with van der Waals surface area (Å²) in [5.74, 6) is -0.162. The number of aromatic nitrogens is 1. The van der Waals surface area contributed by atoms with Crippen LogP contribution in [0.25, 0.3) is 0 Å². The van der Waals surface area contributed by atoms with Crippen molar-refractivity contribution >= 4 is 45.7 Å². The highest BCUT2D eigenvalue weighted by Crippen LogP contribution is 2.25. The van der Waals surface area contributed by atoms with Crippen LogP contribution in [-0.2, 0) is 0 Å². The van der Waals surface area contributed by atoms with E-state index in [0.29, 0.717) is 3.57 Å². The number of nitrogens with zero attached hydrogens (tertiary/aromatic N) is 2. The lowest BCUT2D eigenvalue weighted by molar-refractivity contribution is -0.384. The van der Waals surface area contributed by atoms with E-state index in [-0.39, 0.29) is 16.7 Å². The first-order valence-electron chi connectivity index (χ1n) is 2.78. The monoisotopic (exact) mass is 299 g/mol. The first kappa shape index (κ1) is 9.46. The van der Waals surface area contributed by atoms with Gasteiger partial charge in [0.2, 0.25) is 5.82 Å². The molecule has 1 aromatic rings. The van der Waals surface area contributed by atoms with E-state index >= 15 is 0 Å². The fourth-order valence-electron chi connectivity index (χ4n) is 0.616. The average Bonchev–Trinajstić information content (AvgIpc) is 1.96. The van der Waals surface area contributed by atoms with Crippen molar-refractivity contribution in [2.24, 2.45) is 0 Å². The van der Waals surface area contributed by atoms with Crippen LogP contribution < -0.4 is 5.73 Å². The van der Waals surface area contributed by atoms with Crippen molar-refractivity contribution < 1.29 is 4.92 Å². The van der Waals surface area contributed by atoms with Crippen molar-refractivity contribution in [3.63, 3.8) is 0 Å². The number of anilines is 1. The molecule has 5 nitrogen and oxygen atoms in total. The summed E-state index contributed by atoms with van der Waals surface area (Å²) in [5, 5.41) is 10.5.